The van der Waals surface area contributed by atoms with Crippen LogP contribution in [-0.4, -0.2) is 45.5 Å². The molecule has 2 aromatic carbocycles. The number of hydrogen-bond donors (Lipinski definition) is 3. The average Bonchev–Trinajstić information content (AvgIpc) is 2.71. The van der Waals surface area contributed by atoms with Crippen LogP contribution in [0.1, 0.15) is 6.92 Å². The molecule has 2 rings (SSSR count). The van der Waals surface area contributed by atoms with E-state index in [1.54, 1.807) is 30.3 Å². The second kappa shape index (κ2) is 10.4. The molecule has 0 aliphatic heterocycles. The Hall–Kier alpha value is -3.44. The van der Waals surface area contributed by atoms with Crippen LogP contribution < -0.4 is 20.5 Å². The molecule has 0 saturated heterocycles. The molecular formula is C19H21N3O7S. The van der Waals surface area contributed by atoms with Gasteiger partial charge in [-0.15, -0.1) is 0 Å². The van der Waals surface area contributed by atoms with Gasteiger partial charge in [0, 0.05) is 5.69 Å². The Bertz CT molecular complexity index is 993. The third-order valence-electron chi connectivity index (χ3n) is 3.66. The second-order valence-corrected chi connectivity index (χ2v) is 7.68. The van der Waals surface area contributed by atoms with Gasteiger partial charge in [-0.2, -0.15) is 0 Å². The predicted molar refractivity (Wildman–Crippen MR) is 107 cm³/mol. The lowest BCUT2D eigenvalue weighted by atomic mass is 10.3. The fourth-order valence-corrected chi connectivity index (χ4v) is 2.71. The highest BCUT2D eigenvalue weighted by atomic mass is 32.2. The lowest BCUT2D eigenvalue weighted by Gasteiger charge is -2.14. The summed E-state index contributed by atoms with van der Waals surface area (Å²) in [5.41, 5.74) is 0.294. The van der Waals surface area contributed by atoms with Gasteiger partial charge in [-0.3, -0.25) is 9.59 Å². The first-order chi connectivity index (χ1) is 14.1. The van der Waals surface area contributed by atoms with Crippen molar-refractivity contribution in [2.24, 2.45) is 5.14 Å². The zero-order valence-corrected chi connectivity index (χ0v) is 16.8. The molecule has 0 aliphatic carbocycles. The summed E-state index contributed by atoms with van der Waals surface area (Å²) in [6.45, 7) is 0.541. The molecule has 4 N–H and O–H groups in total. The zero-order valence-electron chi connectivity index (χ0n) is 16.0. The number of amides is 2. The molecule has 0 unspecified atom stereocenters. The van der Waals surface area contributed by atoms with Crippen LogP contribution in [0.4, 0.5) is 5.69 Å². The minimum atomic E-state index is -3.83. The lowest BCUT2D eigenvalue weighted by Crippen LogP contribution is -2.42. The fraction of sp³-hybridized carbons (Fsp3) is 0.211. The number of nitrogens with one attached hydrogen (secondary N) is 2. The summed E-state index contributed by atoms with van der Waals surface area (Å²) >= 11 is 0. The van der Waals surface area contributed by atoms with Crippen molar-refractivity contribution in [3.05, 3.63) is 54.6 Å². The van der Waals surface area contributed by atoms with Crippen LogP contribution in [-0.2, 0) is 29.1 Å². The van der Waals surface area contributed by atoms with Crippen LogP contribution >= 0.6 is 0 Å². The normalized spacial score (nSPS) is 11.8. The van der Waals surface area contributed by atoms with Crippen LogP contribution in [0.2, 0.25) is 0 Å². The number of nitrogens with two attached hydrogens (primary N) is 1. The van der Waals surface area contributed by atoms with Crippen molar-refractivity contribution in [1.29, 1.82) is 0 Å². The highest BCUT2D eigenvalue weighted by molar-refractivity contribution is 7.89. The van der Waals surface area contributed by atoms with E-state index < -0.39 is 40.5 Å². The zero-order chi connectivity index (χ0) is 22.1. The monoisotopic (exact) mass is 435 g/mol. The highest BCUT2D eigenvalue weighted by Gasteiger charge is 2.18. The van der Waals surface area contributed by atoms with Gasteiger partial charge in [-0.05, 0) is 43.3 Å². The van der Waals surface area contributed by atoms with Gasteiger partial charge in [-0.25, -0.2) is 18.4 Å². The second-order valence-electron chi connectivity index (χ2n) is 6.12. The molecule has 0 bridgehead atoms. The maximum absolute atomic E-state index is 11.9. The van der Waals surface area contributed by atoms with E-state index in [4.69, 9.17) is 14.6 Å². The van der Waals surface area contributed by atoms with E-state index in [1.807, 2.05) is 0 Å². The van der Waals surface area contributed by atoms with Crippen molar-refractivity contribution in [2.75, 3.05) is 18.5 Å². The number of para-hydroxylation sites is 1. The molecule has 0 aromatic heterocycles. The summed E-state index contributed by atoms with van der Waals surface area (Å²) in [6, 6.07) is 12.8. The number of carbonyl (C=O) groups is 3. The minimum absolute atomic E-state index is 0.104. The molecule has 160 valence electrons. The van der Waals surface area contributed by atoms with E-state index in [9.17, 15) is 22.8 Å². The van der Waals surface area contributed by atoms with Crippen LogP contribution in [0.3, 0.4) is 0 Å². The van der Waals surface area contributed by atoms with Gasteiger partial charge in [0.2, 0.25) is 10.0 Å². The standard InChI is InChI=1S/C19H21N3O7S/c1-13(21-17(23)11-28-15-5-3-2-4-6-15)19(25)29-12-18(24)22-14-7-9-16(10-8-14)30(20,26)27/h2-10,13H,11-12H2,1H3,(H,21,23)(H,22,24)(H2,20,26,27)/t13-/m1/s1. The Balaban J connectivity index is 1.73. The van der Waals surface area contributed by atoms with Gasteiger partial charge in [0.1, 0.15) is 11.8 Å². The van der Waals surface area contributed by atoms with Crippen molar-refractivity contribution in [3.8, 4) is 5.75 Å². The largest absolute Gasteiger partial charge is 0.484 e. The number of benzene rings is 2. The fourth-order valence-electron chi connectivity index (χ4n) is 2.19. The Kier molecular flexibility index (Phi) is 7.90. The summed E-state index contributed by atoms with van der Waals surface area (Å²) < 4.78 is 32.5. The number of esters is 1. The average molecular weight is 435 g/mol. The molecule has 0 saturated carbocycles. The SMILES string of the molecule is C[C@@H](NC(=O)COc1ccccc1)C(=O)OCC(=O)Nc1ccc(S(N)(=O)=O)cc1. The maximum atomic E-state index is 11.9. The van der Waals surface area contributed by atoms with Crippen molar-refractivity contribution >= 4 is 33.5 Å². The van der Waals surface area contributed by atoms with E-state index in [2.05, 4.69) is 10.6 Å². The first kappa shape index (κ1) is 22.8. The van der Waals surface area contributed by atoms with Crippen molar-refractivity contribution in [1.82, 2.24) is 5.32 Å². The van der Waals surface area contributed by atoms with Gasteiger partial charge in [-0.1, -0.05) is 18.2 Å². The molecule has 11 heteroatoms. The quantitative estimate of drug-likeness (QED) is 0.482. The lowest BCUT2D eigenvalue weighted by molar-refractivity contribution is -0.150. The molecule has 1 atom stereocenters. The Labute approximate surface area is 173 Å². The van der Waals surface area contributed by atoms with Gasteiger partial charge in [0.15, 0.2) is 13.2 Å². The molecule has 30 heavy (non-hydrogen) atoms. The van der Waals surface area contributed by atoms with Gasteiger partial charge < -0.3 is 20.1 Å². The summed E-state index contributed by atoms with van der Waals surface area (Å²) in [6.07, 6.45) is 0. The summed E-state index contributed by atoms with van der Waals surface area (Å²) in [5, 5.41) is 9.83. The molecule has 10 nitrogen and oxygen atoms in total. The van der Waals surface area contributed by atoms with E-state index in [0.29, 0.717) is 11.4 Å². The Morgan fingerprint density at radius 3 is 2.20 bits per heavy atom. The predicted octanol–water partition coefficient (Wildman–Crippen LogP) is 0.399. The first-order valence-corrected chi connectivity index (χ1v) is 10.3. The number of anilines is 1. The topological polar surface area (TPSA) is 154 Å². The summed E-state index contributed by atoms with van der Waals surface area (Å²) in [4.78, 5) is 35.5. The number of primary sulfonamides is 1. The van der Waals surface area contributed by atoms with Gasteiger partial charge >= 0.3 is 5.97 Å². The minimum Gasteiger partial charge on any atom is -0.484 e. The number of hydrogen-bond acceptors (Lipinski definition) is 7. The molecule has 0 heterocycles. The Morgan fingerprint density at radius 1 is 0.967 bits per heavy atom. The molecule has 0 aliphatic rings. The van der Waals surface area contributed by atoms with Crippen molar-refractivity contribution in [2.45, 2.75) is 17.9 Å². The third-order valence-corrected chi connectivity index (χ3v) is 4.59. The molecule has 0 fully saturated rings. The third kappa shape index (κ3) is 7.53. The first-order valence-electron chi connectivity index (χ1n) is 8.71. The van der Waals surface area contributed by atoms with Gasteiger partial charge in [0.25, 0.3) is 11.8 Å². The van der Waals surface area contributed by atoms with E-state index in [0.717, 1.165) is 0 Å². The van der Waals surface area contributed by atoms with Crippen LogP contribution in [0, 0.1) is 0 Å². The van der Waals surface area contributed by atoms with Crippen LogP contribution in [0.15, 0.2) is 59.5 Å². The molecule has 0 radical (unpaired) electrons. The molecule has 2 aromatic rings. The highest BCUT2D eigenvalue weighted by Crippen LogP contribution is 2.12. The number of sulfonamides is 1. The van der Waals surface area contributed by atoms with Crippen LogP contribution in [0.5, 0.6) is 5.75 Å². The number of ether oxygens (including phenoxy) is 2. The number of carbonyl (C=O) groups excluding carboxylic acids is 3. The van der Waals surface area contributed by atoms with Crippen LogP contribution in [0.25, 0.3) is 0 Å². The molecule has 2 amide bonds. The van der Waals surface area contributed by atoms with E-state index >= 15 is 0 Å². The Morgan fingerprint density at radius 2 is 1.60 bits per heavy atom. The summed E-state index contributed by atoms with van der Waals surface area (Å²) in [7, 11) is -3.83. The number of rotatable bonds is 9. The van der Waals surface area contributed by atoms with Crippen molar-refractivity contribution in [3.63, 3.8) is 0 Å². The molecule has 0 spiro atoms. The van der Waals surface area contributed by atoms with E-state index in [-0.39, 0.29) is 11.5 Å². The smallest absolute Gasteiger partial charge is 0.328 e. The summed E-state index contributed by atoms with van der Waals surface area (Å²) in [5.74, 6) is -1.46. The molecular weight excluding hydrogens is 414 g/mol. The maximum Gasteiger partial charge on any atom is 0.328 e. The van der Waals surface area contributed by atoms with E-state index in [1.165, 1.54) is 31.2 Å². The van der Waals surface area contributed by atoms with Gasteiger partial charge in [0.05, 0.1) is 4.90 Å². The van der Waals surface area contributed by atoms with Crippen molar-refractivity contribution < 1.29 is 32.3 Å².